The van der Waals surface area contributed by atoms with Crippen molar-refractivity contribution in [3.05, 3.63) is 31.8 Å². The number of benzene rings is 1. The lowest BCUT2D eigenvalue weighted by atomic mass is 10.1. The number of nitrogens with one attached hydrogen (secondary N) is 2. The molecule has 1 rings (SSSR count). The summed E-state index contributed by atoms with van der Waals surface area (Å²) in [5, 5.41) is 30.5. The van der Waals surface area contributed by atoms with Crippen molar-refractivity contribution >= 4 is 38.9 Å². The molecular formula is C11H11BrN6O2. The van der Waals surface area contributed by atoms with Crippen LogP contribution >= 0.6 is 15.9 Å². The first-order valence-corrected chi connectivity index (χ1v) is 6.11. The highest BCUT2D eigenvalue weighted by atomic mass is 79.9. The third-order valence-corrected chi connectivity index (χ3v) is 3.29. The average molecular weight is 339 g/mol. The first-order valence-electron chi connectivity index (χ1n) is 5.31. The Hall–Kier alpha value is -2.47. The maximum absolute atomic E-state index is 10.9. The highest BCUT2D eigenvalue weighted by Crippen LogP contribution is 2.34. The minimum atomic E-state index is -0.476. The molecule has 9 heteroatoms. The molecule has 0 aliphatic carbocycles. The molecule has 0 saturated heterocycles. The molecule has 4 N–H and O–H groups in total. The number of amidine groups is 1. The van der Waals surface area contributed by atoms with Crippen LogP contribution in [0.1, 0.15) is 11.1 Å². The second-order valence-electron chi connectivity index (χ2n) is 3.86. The molecule has 0 amide bonds. The van der Waals surface area contributed by atoms with Gasteiger partial charge in [-0.2, -0.15) is 10.4 Å². The van der Waals surface area contributed by atoms with Crippen LogP contribution in [0.3, 0.4) is 0 Å². The summed E-state index contributed by atoms with van der Waals surface area (Å²) >= 11 is 3.21. The predicted molar refractivity (Wildman–Crippen MR) is 78.9 cm³/mol. The van der Waals surface area contributed by atoms with E-state index in [0.717, 1.165) is 0 Å². The van der Waals surface area contributed by atoms with E-state index in [9.17, 15) is 10.1 Å². The SMILES string of the molecule is Cc1c([N+](=O)[O-])cc(Br)c(N/N=C(\C#N)C(=N)N)c1C. The summed E-state index contributed by atoms with van der Waals surface area (Å²) in [4.78, 5) is 10.4. The fourth-order valence-electron chi connectivity index (χ4n) is 1.44. The normalized spacial score (nSPS) is 10.8. The summed E-state index contributed by atoms with van der Waals surface area (Å²) in [6.07, 6.45) is 0. The Morgan fingerprint density at radius 2 is 2.20 bits per heavy atom. The van der Waals surface area contributed by atoms with Crippen LogP contribution in [-0.2, 0) is 0 Å². The molecule has 0 bridgehead atoms. The molecule has 1 aromatic rings. The van der Waals surface area contributed by atoms with E-state index in [4.69, 9.17) is 16.4 Å². The first kappa shape index (κ1) is 15.6. The van der Waals surface area contributed by atoms with Crippen molar-refractivity contribution in [2.24, 2.45) is 10.8 Å². The number of anilines is 1. The Morgan fingerprint density at radius 1 is 1.60 bits per heavy atom. The predicted octanol–water partition coefficient (Wildman–Crippen LogP) is 2.20. The van der Waals surface area contributed by atoms with E-state index in [1.54, 1.807) is 19.9 Å². The van der Waals surface area contributed by atoms with E-state index in [-0.39, 0.29) is 11.4 Å². The van der Waals surface area contributed by atoms with Gasteiger partial charge in [0.2, 0.25) is 5.71 Å². The largest absolute Gasteiger partial charge is 0.382 e. The van der Waals surface area contributed by atoms with Crippen LogP contribution < -0.4 is 11.2 Å². The smallest absolute Gasteiger partial charge is 0.273 e. The monoisotopic (exact) mass is 338 g/mol. The van der Waals surface area contributed by atoms with Crippen LogP contribution in [0.2, 0.25) is 0 Å². The number of hydrogen-bond acceptors (Lipinski definition) is 6. The fraction of sp³-hybridized carbons (Fsp3) is 0.182. The zero-order chi connectivity index (χ0) is 15.4. The number of nitriles is 1. The number of halogens is 1. The lowest BCUT2D eigenvalue weighted by molar-refractivity contribution is -0.385. The second kappa shape index (κ2) is 6.12. The minimum absolute atomic E-state index is 0.0176. The van der Waals surface area contributed by atoms with E-state index >= 15 is 0 Å². The molecule has 20 heavy (non-hydrogen) atoms. The average Bonchev–Trinajstić information content (AvgIpc) is 2.37. The standard InChI is InChI=1S/C11H11BrN6O2/c1-5-6(2)10(7(12)3-9(5)18(19)20)17-16-8(4-13)11(14)15/h3,17H,1-2H3,(H3,14,15)/b16-8+. The quantitative estimate of drug-likeness (QED) is 0.334. The molecule has 8 nitrogen and oxygen atoms in total. The molecule has 0 unspecified atom stereocenters. The van der Waals surface area contributed by atoms with Crippen molar-refractivity contribution < 1.29 is 4.92 Å². The maximum Gasteiger partial charge on any atom is 0.273 e. The number of hydrogen-bond donors (Lipinski definition) is 3. The third-order valence-electron chi connectivity index (χ3n) is 2.66. The summed E-state index contributed by atoms with van der Waals surface area (Å²) in [7, 11) is 0. The summed E-state index contributed by atoms with van der Waals surface area (Å²) in [6.45, 7) is 3.30. The Balaban J connectivity index is 3.29. The number of hydrazone groups is 1. The third kappa shape index (κ3) is 3.10. The van der Waals surface area contributed by atoms with Gasteiger partial charge in [-0.25, -0.2) is 0 Å². The lowest BCUT2D eigenvalue weighted by Gasteiger charge is -2.11. The molecule has 0 spiro atoms. The van der Waals surface area contributed by atoms with Crippen LogP contribution in [-0.4, -0.2) is 16.5 Å². The molecule has 0 heterocycles. The number of nitrogens with zero attached hydrogens (tertiary/aromatic N) is 3. The molecule has 1 aromatic carbocycles. The maximum atomic E-state index is 10.9. The van der Waals surface area contributed by atoms with Gasteiger partial charge in [0, 0.05) is 16.1 Å². The van der Waals surface area contributed by atoms with E-state index in [2.05, 4.69) is 26.5 Å². The van der Waals surface area contributed by atoms with Crippen molar-refractivity contribution in [1.82, 2.24) is 0 Å². The lowest BCUT2D eigenvalue weighted by Crippen LogP contribution is -2.22. The van der Waals surface area contributed by atoms with E-state index in [0.29, 0.717) is 21.3 Å². The van der Waals surface area contributed by atoms with Crippen molar-refractivity contribution in [2.45, 2.75) is 13.8 Å². The zero-order valence-corrected chi connectivity index (χ0v) is 12.3. The second-order valence-corrected chi connectivity index (χ2v) is 4.71. The van der Waals surface area contributed by atoms with Crippen LogP contribution in [0.15, 0.2) is 15.6 Å². The van der Waals surface area contributed by atoms with E-state index in [1.165, 1.54) is 6.07 Å². The van der Waals surface area contributed by atoms with Gasteiger partial charge < -0.3 is 5.73 Å². The van der Waals surface area contributed by atoms with Crippen LogP contribution in [0.5, 0.6) is 0 Å². The van der Waals surface area contributed by atoms with Gasteiger partial charge in [-0.3, -0.25) is 20.9 Å². The summed E-state index contributed by atoms with van der Waals surface area (Å²) in [5.74, 6) is -0.465. The summed E-state index contributed by atoms with van der Waals surface area (Å²) < 4.78 is 0.428. The molecular weight excluding hydrogens is 328 g/mol. The molecule has 0 fully saturated rings. The number of nitro groups is 1. The van der Waals surface area contributed by atoms with Crippen molar-refractivity contribution in [3.63, 3.8) is 0 Å². The Bertz CT molecular complexity index is 662. The molecule has 104 valence electrons. The molecule has 0 aromatic heterocycles. The van der Waals surface area contributed by atoms with Crippen molar-refractivity contribution in [3.8, 4) is 6.07 Å². The Kier molecular flexibility index (Phi) is 4.77. The van der Waals surface area contributed by atoms with Gasteiger partial charge >= 0.3 is 0 Å². The van der Waals surface area contributed by atoms with Gasteiger partial charge in [-0.05, 0) is 35.3 Å². The molecule has 0 saturated carbocycles. The van der Waals surface area contributed by atoms with E-state index in [1.807, 2.05) is 0 Å². The van der Waals surface area contributed by atoms with Gasteiger partial charge in [-0.15, -0.1) is 0 Å². The Morgan fingerprint density at radius 3 is 2.65 bits per heavy atom. The molecule has 0 aliphatic rings. The van der Waals surface area contributed by atoms with Gasteiger partial charge in [0.25, 0.3) is 5.69 Å². The Labute approximate surface area is 123 Å². The highest BCUT2D eigenvalue weighted by molar-refractivity contribution is 9.10. The van der Waals surface area contributed by atoms with Gasteiger partial charge in [0.05, 0.1) is 10.6 Å². The number of nitrogens with two attached hydrogens (primary N) is 1. The molecule has 0 radical (unpaired) electrons. The van der Waals surface area contributed by atoms with Crippen molar-refractivity contribution in [2.75, 3.05) is 5.43 Å². The summed E-state index contributed by atoms with van der Waals surface area (Å²) in [5.41, 5.74) is 9.04. The minimum Gasteiger partial charge on any atom is -0.382 e. The van der Waals surface area contributed by atoms with Gasteiger partial charge in [0.15, 0.2) is 5.84 Å². The van der Waals surface area contributed by atoms with Crippen LogP contribution in [0, 0.1) is 40.7 Å². The molecule has 0 atom stereocenters. The zero-order valence-electron chi connectivity index (χ0n) is 10.7. The first-order chi connectivity index (χ1) is 9.29. The summed E-state index contributed by atoms with van der Waals surface area (Å²) in [6, 6.07) is 3.02. The van der Waals surface area contributed by atoms with Crippen molar-refractivity contribution in [1.29, 1.82) is 10.7 Å². The number of nitro benzene ring substituents is 1. The van der Waals surface area contributed by atoms with Crippen LogP contribution in [0.4, 0.5) is 11.4 Å². The highest BCUT2D eigenvalue weighted by Gasteiger charge is 2.18. The van der Waals surface area contributed by atoms with Gasteiger partial charge in [0.1, 0.15) is 6.07 Å². The van der Waals surface area contributed by atoms with Crippen LogP contribution in [0.25, 0.3) is 0 Å². The fourth-order valence-corrected chi connectivity index (χ4v) is 2.05. The molecule has 0 aliphatic heterocycles. The van der Waals surface area contributed by atoms with E-state index < -0.39 is 10.8 Å². The van der Waals surface area contributed by atoms with Gasteiger partial charge in [-0.1, -0.05) is 0 Å². The number of rotatable bonds is 4. The topological polar surface area (TPSA) is 141 Å².